The molecule has 0 unspecified atom stereocenters. The van der Waals surface area contributed by atoms with Crippen LogP contribution in [0.15, 0.2) is 12.4 Å². The molecule has 0 atom stereocenters. The van der Waals surface area contributed by atoms with Gasteiger partial charge in [0.05, 0.1) is 24.6 Å². The second-order valence-corrected chi connectivity index (χ2v) is 4.51. The standard InChI is InChI=1S/C13H23N5O/c1-5-14-12-8-15-11(7-16-12)9-18(6-2)10-13(19)17(3)4/h7-8H,5-6,9-10H2,1-4H3,(H,14,16). The molecule has 0 saturated carbocycles. The molecule has 0 aliphatic rings. The van der Waals surface area contributed by atoms with Crippen molar-refractivity contribution < 1.29 is 4.79 Å². The molecule has 0 aliphatic carbocycles. The third-order valence-corrected chi connectivity index (χ3v) is 2.75. The van der Waals surface area contributed by atoms with Gasteiger partial charge in [0.15, 0.2) is 0 Å². The molecule has 6 nitrogen and oxygen atoms in total. The summed E-state index contributed by atoms with van der Waals surface area (Å²) in [5.41, 5.74) is 0.870. The highest BCUT2D eigenvalue weighted by atomic mass is 16.2. The second-order valence-electron chi connectivity index (χ2n) is 4.51. The van der Waals surface area contributed by atoms with Crippen LogP contribution in [0.2, 0.25) is 0 Å². The molecule has 0 spiro atoms. The molecule has 0 fully saturated rings. The topological polar surface area (TPSA) is 61.4 Å². The van der Waals surface area contributed by atoms with Crippen LogP contribution in [-0.4, -0.2) is 59.4 Å². The third-order valence-electron chi connectivity index (χ3n) is 2.75. The first-order chi connectivity index (χ1) is 9.06. The van der Waals surface area contributed by atoms with Crippen LogP contribution in [0.3, 0.4) is 0 Å². The van der Waals surface area contributed by atoms with Crippen molar-refractivity contribution in [2.45, 2.75) is 20.4 Å². The molecule has 1 aromatic rings. The van der Waals surface area contributed by atoms with Crippen molar-refractivity contribution in [3.63, 3.8) is 0 Å². The van der Waals surface area contributed by atoms with Gasteiger partial charge in [-0.15, -0.1) is 0 Å². The summed E-state index contributed by atoms with van der Waals surface area (Å²) in [5, 5.41) is 3.10. The van der Waals surface area contributed by atoms with Crippen LogP contribution in [0.5, 0.6) is 0 Å². The van der Waals surface area contributed by atoms with Gasteiger partial charge in [-0.25, -0.2) is 4.98 Å². The van der Waals surface area contributed by atoms with E-state index in [1.807, 2.05) is 18.7 Å². The Hall–Kier alpha value is -1.69. The summed E-state index contributed by atoms with van der Waals surface area (Å²) in [4.78, 5) is 23.9. The fourth-order valence-electron chi connectivity index (χ4n) is 1.55. The van der Waals surface area contributed by atoms with Gasteiger partial charge in [-0.05, 0) is 13.5 Å². The monoisotopic (exact) mass is 265 g/mol. The number of likely N-dealkylation sites (N-methyl/N-ethyl adjacent to an activating group) is 2. The minimum atomic E-state index is 0.0964. The van der Waals surface area contributed by atoms with Crippen molar-refractivity contribution in [2.24, 2.45) is 0 Å². The van der Waals surface area contributed by atoms with Gasteiger partial charge in [-0.2, -0.15) is 0 Å². The van der Waals surface area contributed by atoms with Crippen molar-refractivity contribution >= 4 is 11.7 Å². The predicted octanol–water partition coefficient (Wildman–Crippen LogP) is 0.818. The van der Waals surface area contributed by atoms with Gasteiger partial charge < -0.3 is 10.2 Å². The molecule has 19 heavy (non-hydrogen) atoms. The van der Waals surface area contributed by atoms with E-state index < -0.39 is 0 Å². The Kier molecular flexibility index (Phi) is 6.21. The first-order valence-electron chi connectivity index (χ1n) is 6.54. The average molecular weight is 265 g/mol. The molecule has 0 radical (unpaired) electrons. The van der Waals surface area contributed by atoms with Gasteiger partial charge in [0.2, 0.25) is 5.91 Å². The van der Waals surface area contributed by atoms with E-state index in [9.17, 15) is 4.79 Å². The lowest BCUT2D eigenvalue weighted by Crippen LogP contribution is -2.36. The lowest BCUT2D eigenvalue weighted by atomic mass is 10.3. The molecule has 0 aromatic carbocycles. The Balaban J connectivity index is 2.57. The largest absolute Gasteiger partial charge is 0.369 e. The molecule has 1 aromatic heterocycles. The number of nitrogens with one attached hydrogen (secondary N) is 1. The molecule has 106 valence electrons. The van der Waals surface area contributed by atoms with Crippen molar-refractivity contribution in [1.82, 2.24) is 19.8 Å². The third kappa shape index (κ3) is 5.21. The van der Waals surface area contributed by atoms with Crippen LogP contribution in [0.25, 0.3) is 0 Å². The van der Waals surface area contributed by atoms with E-state index in [1.165, 1.54) is 0 Å². The summed E-state index contributed by atoms with van der Waals surface area (Å²) >= 11 is 0. The van der Waals surface area contributed by atoms with Crippen LogP contribution < -0.4 is 5.32 Å². The normalized spacial score (nSPS) is 10.6. The Morgan fingerprint density at radius 3 is 2.47 bits per heavy atom. The highest BCUT2D eigenvalue weighted by Crippen LogP contribution is 2.04. The Labute approximate surface area is 114 Å². The lowest BCUT2D eigenvalue weighted by molar-refractivity contribution is -0.130. The van der Waals surface area contributed by atoms with E-state index >= 15 is 0 Å². The molecule has 0 aliphatic heterocycles. The number of aromatic nitrogens is 2. The van der Waals surface area contributed by atoms with E-state index in [1.54, 1.807) is 31.4 Å². The van der Waals surface area contributed by atoms with Crippen LogP contribution in [0.1, 0.15) is 19.5 Å². The molecule has 1 heterocycles. The van der Waals surface area contributed by atoms with Crippen LogP contribution >= 0.6 is 0 Å². The summed E-state index contributed by atoms with van der Waals surface area (Å²) < 4.78 is 0. The Morgan fingerprint density at radius 1 is 1.26 bits per heavy atom. The number of carbonyl (C=O) groups is 1. The molecule has 1 amide bonds. The van der Waals surface area contributed by atoms with E-state index in [4.69, 9.17) is 0 Å². The maximum absolute atomic E-state index is 11.7. The summed E-state index contributed by atoms with van der Waals surface area (Å²) in [6.07, 6.45) is 3.47. The molecule has 1 N–H and O–H groups in total. The van der Waals surface area contributed by atoms with E-state index in [2.05, 4.69) is 15.3 Å². The zero-order valence-electron chi connectivity index (χ0n) is 12.2. The van der Waals surface area contributed by atoms with Crippen molar-refractivity contribution in [3.05, 3.63) is 18.1 Å². The lowest BCUT2D eigenvalue weighted by Gasteiger charge is -2.21. The highest BCUT2D eigenvalue weighted by Gasteiger charge is 2.11. The summed E-state index contributed by atoms with van der Waals surface area (Å²) in [5.74, 6) is 0.873. The second kappa shape index (κ2) is 7.68. The van der Waals surface area contributed by atoms with Gasteiger partial charge >= 0.3 is 0 Å². The number of hydrogen-bond donors (Lipinski definition) is 1. The summed E-state index contributed by atoms with van der Waals surface area (Å²) in [7, 11) is 3.53. The van der Waals surface area contributed by atoms with Gasteiger partial charge in [-0.3, -0.25) is 14.7 Å². The molecule has 6 heteroatoms. The molecular formula is C13H23N5O. The minimum Gasteiger partial charge on any atom is -0.369 e. The number of carbonyl (C=O) groups excluding carboxylic acids is 1. The number of hydrogen-bond acceptors (Lipinski definition) is 5. The van der Waals surface area contributed by atoms with E-state index in [0.717, 1.165) is 24.6 Å². The Morgan fingerprint density at radius 2 is 2.00 bits per heavy atom. The van der Waals surface area contributed by atoms with Crippen LogP contribution in [0, 0.1) is 0 Å². The van der Waals surface area contributed by atoms with Gasteiger partial charge in [0.25, 0.3) is 0 Å². The van der Waals surface area contributed by atoms with Crippen molar-refractivity contribution in [1.29, 1.82) is 0 Å². The quantitative estimate of drug-likeness (QED) is 0.791. The Bertz CT molecular complexity index is 391. The fraction of sp³-hybridized carbons (Fsp3) is 0.615. The van der Waals surface area contributed by atoms with E-state index in [-0.39, 0.29) is 5.91 Å². The van der Waals surface area contributed by atoms with Gasteiger partial charge in [0, 0.05) is 27.2 Å². The molecular weight excluding hydrogens is 242 g/mol. The van der Waals surface area contributed by atoms with Crippen LogP contribution in [0.4, 0.5) is 5.82 Å². The number of nitrogens with zero attached hydrogens (tertiary/aromatic N) is 4. The van der Waals surface area contributed by atoms with Crippen molar-refractivity contribution in [2.75, 3.05) is 39.0 Å². The molecule has 0 saturated heterocycles. The van der Waals surface area contributed by atoms with E-state index in [0.29, 0.717) is 13.1 Å². The molecule has 1 rings (SSSR count). The first-order valence-corrected chi connectivity index (χ1v) is 6.54. The van der Waals surface area contributed by atoms with Crippen molar-refractivity contribution in [3.8, 4) is 0 Å². The summed E-state index contributed by atoms with van der Waals surface area (Å²) in [6, 6.07) is 0. The smallest absolute Gasteiger partial charge is 0.236 e. The molecule has 0 bridgehead atoms. The fourth-order valence-corrected chi connectivity index (χ4v) is 1.55. The maximum atomic E-state index is 11.7. The average Bonchev–Trinajstić information content (AvgIpc) is 2.40. The SMILES string of the molecule is CCNc1cnc(CN(CC)CC(=O)N(C)C)cn1. The zero-order valence-corrected chi connectivity index (χ0v) is 12.2. The maximum Gasteiger partial charge on any atom is 0.236 e. The minimum absolute atomic E-state index is 0.0964. The number of anilines is 1. The van der Waals surface area contributed by atoms with Gasteiger partial charge in [-0.1, -0.05) is 6.92 Å². The van der Waals surface area contributed by atoms with Gasteiger partial charge in [0.1, 0.15) is 5.82 Å². The number of rotatable bonds is 7. The predicted molar refractivity (Wildman–Crippen MR) is 75.8 cm³/mol. The highest BCUT2D eigenvalue weighted by molar-refractivity contribution is 5.77. The first kappa shape index (κ1) is 15.4. The zero-order chi connectivity index (χ0) is 14.3. The number of amides is 1. The summed E-state index contributed by atoms with van der Waals surface area (Å²) in [6.45, 7) is 6.71. The van der Waals surface area contributed by atoms with Crippen LogP contribution in [-0.2, 0) is 11.3 Å².